The van der Waals surface area contributed by atoms with Crippen molar-refractivity contribution in [3.05, 3.63) is 47.4 Å². The second-order valence-corrected chi connectivity index (χ2v) is 10.6. The van der Waals surface area contributed by atoms with Gasteiger partial charge in [0.1, 0.15) is 5.78 Å². The van der Waals surface area contributed by atoms with Crippen molar-refractivity contribution in [3.8, 4) is 0 Å². The summed E-state index contributed by atoms with van der Waals surface area (Å²) in [5.74, 6) is 0.483. The van der Waals surface area contributed by atoms with E-state index in [9.17, 15) is 19.8 Å². The van der Waals surface area contributed by atoms with Crippen molar-refractivity contribution in [1.82, 2.24) is 0 Å². The number of fused-ring (bicyclic) bond motifs is 1. The molecule has 1 aromatic carbocycles. The monoisotopic (exact) mass is 466 g/mol. The number of aliphatic hydroxyl groups excluding tert-OH is 2. The lowest BCUT2D eigenvalue weighted by atomic mass is 10.0. The number of Topliss-reactive ketones (excluding diaryl/α,β-unsaturated/α-hetero) is 1. The summed E-state index contributed by atoms with van der Waals surface area (Å²) < 4.78 is 1.19. The van der Waals surface area contributed by atoms with E-state index >= 15 is 0 Å². The minimum Gasteiger partial charge on any atom is -0.481 e. The van der Waals surface area contributed by atoms with E-state index in [0.29, 0.717) is 6.42 Å². The van der Waals surface area contributed by atoms with Gasteiger partial charge in [0.15, 0.2) is 0 Å². The summed E-state index contributed by atoms with van der Waals surface area (Å²) in [6.45, 7) is 0. The average molecular weight is 467 g/mol. The van der Waals surface area contributed by atoms with E-state index in [-0.39, 0.29) is 29.1 Å². The molecule has 2 aromatic rings. The number of ketones is 1. The number of carboxylic acid groups (broad SMARTS) is 1. The molecule has 30 heavy (non-hydrogen) atoms. The molecule has 1 saturated carbocycles. The summed E-state index contributed by atoms with van der Waals surface area (Å²) in [6.07, 6.45) is 3.56. The highest BCUT2D eigenvalue weighted by molar-refractivity contribution is 8.01. The van der Waals surface area contributed by atoms with Crippen LogP contribution < -0.4 is 0 Å². The Hall–Kier alpha value is -1.32. The predicted molar refractivity (Wildman–Crippen MR) is 126 cm³/mol. The van der Waals surface area contributed by atoms with E-state index in [1.165, 1.54) is 28.2 Å². The molecular formula is C22H26O5S3. The van der Waals surface area contributed by atoms with Gasteiger partial charge in [0.25, 0.3) is 0 Å². The first-order chi connectivity index (χ1) is 14.5. The number of aliphatic hydroxyl groups is 2. The van der Waals surface area contributed by atoms with E-state index in [1.807, 2.05) is 12.1 Å². The maximum atomic E-state index is 12.3. The summed E-state index contributed by atoms with van der Waals surface area (Å²) >= 11 is 4.55. The zero-order valence-corrected chi connectivity index (χ0v) is 18.9. The van der Waals surface area contributed by atoms with Gasteiger partial charge in [0, 0.05) is 23.5 Å². The number of hydrogen-bond acceptors (Lipinski definition) is 7. The second-order valence-electron chi connectivity index (χ2n) is 7.32. The van der Waals surface area contributed by atoms with Gasteiger partial charge in [0.05, 0.1) is 23.2 Å². The molecule has 3 rings (SSSR count). The Morgan fingerprint density at radius 1 is 1.30 bits per heavy atom. The first kappa shape index (κ1) is 23.3. The highest BCUT2D eigenvalue weighted by Gasteiger charge is 2.40. The van der Waals surface area contributed by atoms with Gasteiger partial charge in [-0.25, -0.2) is 0 Å². The largest absolute Gasteiger partial charge is 0.481 e. The third-order valence-corrected chi connectivity index (χ3v) is 8.52. The molecule has 0 spiro atoms. The molecular weight excluding hydrogens is 440 g/mol. The first-order valence-electron chi connectivity index (χ1n) is 9.89. The van der Waals surface area contributed by atoms with Crippen LogP contribution in [0.4, 0.5) is 0 Å². The van der Waals surface area contributed by atoms with Gasteiger partial charge in [-0.15, -0.1) is 23.1 Å². The molecule has 1 aliphatic rings. The van der Waals surface area contributed by atoms with Crippen molar-refractivity contribution < 1.29 is 24.9 Å². The smallest absolute Gasteiger partial charge is 0.313 e. The molecule has 0 amide bonds. The molecule has 162 valence electrons. The molecule has 1 unspecified atom stereocenters. The summed E-state index contributed by atoms with van der Waals surface area (Å²) in [5, 5.41) is 32.4. The number of carbonyl (C=O) groups excluding carboxylic acids is 1. The maximum Gasteiger partial charge on any atom is 0.313 e. The lowest BCUT2D eigenvalue weighted by Gasteiger charge is -2.17. The Kier molecular flexibility index (Phi) is 8.83. The van der Waals surface area contributed by atoms with E-state index in [4.69, 9.17) is 5.11 Å². The van der Waals surface area contributed by atoms with Crippen LogP contribution in [0.1, 0.15) is 18.4 Å². The van der Waals surface area contributed by atoms with E-state index in [2.05, 4.69) is 17.5 Å². The molecule has 1 fully saturated rings. The van der Waals surface area contributed by atoms with Gasteiger partial charge in [-0.2, -0.15) is 11.8 Å². The molecule has 0 saturated heterocycles. The number of hydrogen-bond donors (Lipinski definition) is 3. The SMILES string of the molecule is O=C(O)CSCCCS[C@H]1C(=O)C[C@@H](O)[C@@H]1C=CC(O)Cc1csc2ccccc12. The predicted octanol–water partition coefficient (Wildman–Crippen LogP) is 3.62. The van der Waals surface area contributed by atoms with Gasteiger partial charge >= 0.3 is 5.97 Å². The number of thioether (sulfide) groups is 2. The van der Waals surface area contributed by atoms with Crippen LogP contribution in [0.15, 0.2) is 41.8 Å². The Balaban J connectivity index is 1.52. The Bertz CT molecular complexity index is 894. The summed E-state index contributed by atoms with van der Waals surface area (Å²) in [5.41, 5.74) is 1.10. The Morgan fingerprint density at radius 2 is 2.10 bits per heavy atom. The fraction of sp³-hybridized carbons (Fsp3) is 0.455. The van der Waals surface area contributed by atoms with Crippen LogP contribution in [0.2, 0.25) is 0 Å². The summed E-state index contributed by atoms with van der Waals surface area (Å²) in [6, 6.07) is 8.11. The molecule has 0 bridgehead atoms. The fourth-order valence-corrected chi connectivity index (χ4v) is 6.75. The maximum absolute atomic E-state index is 12.3. The van der Waals surface area contributed by atoms with Gasteiger partial charge in [-0.1, -0.05) is 30.4 Å². The van der Waals surface area contributed by atoms with Crippen LogP contribution in [0, 0.1) is 5.92 Å². The van der Waals surface area contributed by atoms with E-state index in [1.54, 1.807) is 23.5 Å². The highest BCUT2D eigenvalue weighted by Crippen LogP contribution is 2.35. The molecule has 0 aliphatic heterocycles. The molecule has 0 radical (unpaired) electrons. The highest BCUT2D eigenvalue weighted by atomic mass is 32.2. The quantitative estimate of drug-likeness (QED) is 0.344. The normalized spacial score (nSPS) is 22.9. The number of carboxylic acids is 1. The van der Waals surface area contributed by atoms with Crippen molar-refractivity contribution >= 4 is 56.7 Å². The van der Waals surface area contributed by atoms with Gasteiger partial charge < -0.3 is 15.3 Å². The van der Waals surface area contributed by atoms with Crippen molar-refractivity contribution in [2.75, 3.05) is 17.3 Å². The van der Waals surface area contributed by atoms with Crippen LogP contribution in [0.3, 0.4) is 0 Å². The lowest BCUT2D eigenvalue weighted by molar-refractivity contribution is -0.133. The molecule has 3 N–H and O–H groups in total. The van der Waals surface area contributed by atoms with E-state index < -0.39 is 18.2 Å². The summed E-state index contributed by atoms with van der Waals surface area (Å²) in [4.78, 5) is 22.8. The van der Waals surface area contributed by atoms with Gasteiger partial charge in [-0.05, 0) is 40.3 Å². The molecule has 4 atom stereocenters. The molecule has 5 nitrogen and oxygen atoms in total. The number of benzene rings is 1. The average Bonchev–Trinajstić information content (AvgIpc) is 3.23. The van der Waals surface area contributed by atoms with Crippen LogP contribution >= 0.6 is 34.9 Å². The third kappa shape index (κ3) is 6.34. The standard InChI is InChI=1S/C22H26O5S3/c23-15(10-14-12-30-20-5-2-1-4-16(14)20)6-7-17-18(24)11-19(25)22(17)29-9-3-8-28-13-21(26)27/h1-2,4-7,12,15,17-18,22-24H,3,8-11,13H2,(H,26,27)/t15?,17-,18+,22+/m0/s1. The van der Waals surface area contributed by atoms with Crippen molar-refractivity contribution in [3.63, 3.8) is 0 Å². The first-order valence-corrected chi connectivity index (χ1v) is 13.0. The molecule has 8 heteroatoms. The van der Waals surface area contributed by atoms with Crippen LogP contribution in [-0.2, 0) is 16.0 Å². The van der Waals surface area contributed by atoms with Crippen molar-refractivity contribution in [2.45, 2.75) is 36.7 Å². The number of aliphatic carboxylic acids is 1. The number of rotatable bonds is 11. The number of thiophene rings is 1. The number of carbonyl (C=O) groups is 2. The second kappa shape index (κ2) is 11.3. The lowest BCUT2D eigenvalue weighted by Crippen LogP contribution is -2.22. The Labute approximate surface area is 188 Å². The molecule has 1 aromatic heterocycles. The Morgan fingerprint density at radius 3 is 2.90 bits per heavy atom. The third-order valence-electron chi connectivity index (χ3n) is 5.02. The molecule has 1 heterocycles. The topological polar surface area (TPSA) is 94.8 Å². The zero-order chi connectivity index (χ0) is 21.5. The minimum atomic E-state index is -0.819. The molecule has 1 aliphatic carbocycles. The minimum absolute atomic E-state index is 0.0404. The zero-order valence-electron chi connectivity index (χ0n) is 16.5. The fourth-order valence-electron chi connectivity index (χ4n) is 3.58. The van der Waals surface area contributed by atoms with Crippen molar-refractivity contribution in [2.24, 2.45) is 5.92 Å². The van der Waals surface area contributed by atoms with Crippen LogP contribution in [0.5, 0.6) is 0 Å². The van der Waals surface area contributed by atoms with Gasteiger partial charge in [-0.3, -0.25) is 9.59 Å². The van der Waals surface area contributed by atoms with Crippen LogP contribution in [0.25, 0.3) is 10.1 Å². The van der Waals surface area contributed by atoms with Gasteiger partial charge in [0.2, 0.25) is 0 Å². The van der Waals surface area contributed by atoms with Crippen molar-refractivity contribution in [1.29, 1.82) is 0 Å². The van der Waals surface area contributed by atoms with Crippen LogP contribution in [-0.4, -0.2) is 61.8 Å². The summed E-state index contributed by atoms with van der Waals surface area (Å²) in [7, 11) is 0. The van der Waals surface area contributed by atoms with E-state index in [0.717, 1.165) is 28.9 Å².